The highest BCUT2D eigenvalue weighted by Gasteiger charge is 2.40. The summed E-state index contributed by atoms with van der Waals surface area (Å²) in [6.07, 6.45) is 3.06. The van der Waals surface area contributed by atoms with Gasteiger partial charge in [-0.1, -0.05) is 12.1 Å². The normalized spacial score (nSPS) is 25.6. The molecule has 0 spiro atoms. The molecule has 1 N–H and O–H groups in total. The Morgan fingerprint density at radius 2 is 2.00 bits per heavy atom. The van der Waals surface area contributed by atoms with Crippen LogP contribution in [0.25, 0.3) is 0 Å². The summed E-state index contributed by atoms with van der Waals surface area (Å²) in [6.45, 7) is 3.79. The number of carbonyl (C=O) groups excluding carboxylic acids is 1. The molecule has 0 radical (unpaired) electrons. The zero-order chi connectivity index (χ0) is 15.6. The third-order valence-electron chi connectivity index (χ3n) is 4.67. The van der Waals surface area contributed by atoms with Crippen molar-refractivity contribution >= 4 is 5.91 Å². The van der Waals surface area contributed by atoms with Gasteiger partial charge in [0.25, 0.3) is 5.91 Å². The number of rotatable bonds is 4. The molecule has 2 aliphatic rings. The molecule has 0 bridgehead atoms. The summed E-state index contributed by atoms with van der Waals surface area (Å²) in [5, 5.41) is 10.8. The third-order valence-corrected chi connectivity index (χ3v) is 4.67. The van der Waals surface area contributed by atoms with Crippen LogP contribution < -0.4 is 4.74 Å². The Bertz CT molecular complexity index is 542. The summed E-state index contributed by atoms with van der Waals surface area (Å²) in [5.74, 6) is 0.525. The van der Waals surface area contributed by atoms with Crippen LogP contribution in [0.5, 0.6) is 5.75 Å². The van der Waals surface area contributed by atoms with Gasteiger partial charge in [0.05, 0.1) is 24.8 Å². The first-order valence-corrected chi connectivity index (χ1v) is 7.98. The maximum absolute atomic E-state index is 12.7. The Morgan fingerprint density at radius 1 is 1.27 bits per heavy atom. The predicted octanol–water partition coefficient (Wildman–Crippen LogP) is 1.37. The minimum atomic E-state index is -0.776. The lowest BCUT2D eigenvalue weighted by Crippen LogP contribution is -2.45. The third kappa shape index (κ3) is 3.10. The monoisotopic (exact) mass is 304 g/mol. The van der Waals surface area contributed by atoms with Gasteiger partial charge in [0.15, 0.2) is 0 Å². The predicted molar refractivity (Wildman–Crippen MR) is 84.1 cm³/mol. The number of hydrogen-bond donors (Lipinski definition) is 1. The van der Waals surface area contributed by atoms with Gasteiger partial charge in [-0.3, -0.25) is 4.79 Å². The SMILES string of the molecule is COc1ccccc1C(=O)N1CC[C@](O)(CN2CCCC2)C1. The van der Waals surface area contributed by atoms with Crippen LogP contribution in [0.1, 0.15) is 29.6 Å². The Kier molecular flexibility index (Phi) is 4.36. The van der Waals surface area contributed by atoms with Gasteiger partial charge in [-0.2, -0.15) is 0 Å². The molecule has 2 aliphatic heterocycles. The van der Waals surface area contributed by atoms with Crippen molar-refractivity contribution in [3.05, 3.63) is 29.8 Å². The lowest BCUT2D eigenvalue weighted by molar-refractivity contribution is 0.0175. The van der Waals surface area contributed by atoms with E-state index in [2.05, 4.69) is 4.90 Å². The maximum Gasteiger partial charge on any atom is 0.257 e. The van der Waals surface area contributed by atoms with Crippen molar-refractivity contribution < 1.29 is 14.6 Å². The quantitative estimate of drug-likeness (QED) is 0.913. The number of likely N-dealkylation sites (tertiary alicyclic amines) is 2. The van der Waals surface area contributed by atoms with Crippen molar-refractivity contribution in [2.24, 2.45) is 0 Å². The van der Waals surface area contributed by atoms with E-state index in [9.17, 15) is 9.90 Å². The molecule has 0 aliphatic carbocycles. The fraction of sp³-hybridized carbons (Fsp3) is 0.588. The second-order valence-electron chi connectivity index (χ2n) is 6.38. The first-order chi connectivity index (χ1) is 10.6. The highest BCUT2D eigenvalue weighted by Crippen LogP contribution is 2.27. The number of benzene rings is 1. The number of amides is 1. The fourth-order valence-electron chi connectivity index (χ4n) is 3.51. The summed E-state index contributed by atoms with van der Waals surface area (Å²) < 4.78 is 5.27. The summed E-state index contributed by atoms with van der Waals surface area (Å²) in [6, 6.07) is 7.25. The van der Waals surface area contributed by atoms with Crippen molar-refractivity contribution in [2.75, 3.05) is 39.8 Å². The molecule has 2 saturated heterocycles. The minimum absolute atomic E-state index is 0.0604. The number of methoxy groups -OCH3 is 1. The number of hydrogen-bond acceptors (Lipinski definition) is 4. The molecule has 3 rings (SSSR count). The number of β-amino-alcohol motifs (C(OH)–C–C–N with tert-alkyl or cyclic N) is 1. The van der Waals surface area contributed by atoms with Gasteiger partial charge in [0.1, 0.15) is 5.75 Å². The molecule has 1 aromatic rings. The zero-order valence-corrected chi connectivity index (χ0v) is 13.1. The van der Waals surface area contributed by atoms with Crippen LogP contribution >= 0.6 is 0 Å². The van der Waals surface area contributed by atoms with E-state index in [1.54, 1.807) is 24.1 Å². The molecule has 0 unspecified atom stereocenters. The van der Waals surface area contributed by atoms with E-state index in [1.807, 2.05) is 12.1 Å². The highest BCUT2D eigenvalue weighted by molar-refractivity contribution is 5.97. The van der Waals surface area contributed by atoms with Crippen molar-refractivity contribution in [1.29, 1.82) is 0 Å². The van der Waals surface area contributed by atoms with Gasteiger partial charge in [0.2, 0.25) is 0 Å². The molecular formula is C17H24N2O3. The largest absolute Gasteiger partial charge is 0.496 e. The molecule has 1 atom stereocenters. The van der Waals surface area contributed by atoms with E-state index in [1.165, 1.54) is 12.8 Å². The number of para-hydroxylation sites is 1. The van der Waals surface area contributed by atoms with Crippen molar-refractivity contribution in [1.82, 2.24) is 9.80 Å². The molecule has 22 heavy (non-hydrogen) atoms. The first-order valence-electron chi connectivity index (χ1n) is 7.98. The smallest absolute Gasteiger partial charge is 0.257 e. The topological polar surface area (TPSA) is 53.0 Å². The van der Waals surface area contributed by atoms with Crippen LogP contribution in [0, 0.1) is 0 Å². The number of carbonyl (C=O) groups is 1. The van der Waals surface area contributed by atoms with Crippen LogP contribution in [-0.2, 0) is 0 Å². The first kappa shape index (κ1) is 15.3. The fourth-order valence-corrected chi connectivity index (χ4v) is 3.51. The van der Waals surface area contributed by atoms with E-state index >= 15 is 0 Å². The second-order valence-corrected chi connectivity index (χ2v) is 6.38. The summed E-state index contributed by atoms with van der Waals surface area (Å²) in [4.78, 5) is 16.7. The molecule has 0 aromatic heterocycles. The number of ether oxygens (including phenoxy) is 1. The molecule has 5 nitrogen and oxygen atoms in total. The molecule has 2 fully saturated rings. The van der Waals surface area contributed by atoms with Crippen LogP contribution in [-0.4, -0.2) is 66.2 Å². The molecule has 2 heterocycles. The second kappa shape index (κ2) is 6.26. The van der Waals surface area contributed by atoms with E-state index in [0.29, 0.717) is 37.4 Å². The van der Waals surface area contributed by atoms with Crippen LogP contribution in [0.15, 0.2) is 24.3 Å². The summed E-state index contributed by atoms with van der Waals surface area (Å²) in [7, 11) is 1.57. The maximum atomic E-state index is 12.7. The van der Waals surface area contributed by atoms with E-state index < -0.39 is 5.60 Å². The number of nitrogens with zero attached hydrogens (tertiary/aromatic N) is 2. The van der Waals surface area contributed by atoms with Crippen LogP contribution in [0.3, 0.4) is 0 Å². The Morgan fingerprint density at radius 3 is 2.73 bits per heavy atom. The molecule has 5 heteroatoms. The van der Waals surface area contributed by atoms with Gasteiger partial charge in [-0.15, -0.1) is 0 Å². The van der Waals surface area contributed by atoms with Gasteiger partial charge in [0, 0.05) is 13.1 Å². The van der Waals surface area contributed by atoms with Crippen molar-refractivity contribution in [3.8, 4) is 5.75 Å². The van der Waals surface area contributed by atoms with Gasteiger partial charge < -0.3 is 19.6 Å². The molecular weight excluding hydrogens is 280 g/mol. The van der Waals surface area contributed by atoms with Gasteiger partial charge in [-0.05, 0) is 44.5 Å². The lowest BCUT2D eigenvalue weighted by atomic mass is 10.0. The molecule has 1 amide bonds. The van der Waals surface area contributed by atoms with Gasteiger partial charge in [-0.25, -0.2) is 0 Å². The average Bonchev–Trinajstić information content (AvgIpc) is 3.16. The lowest BCUT2D eigenvalue weighted by Gasteiger charge is -2.28. The van der Waals surface area contributed by atoms with E-state index in [0.717, 1.165) is 13.1 Å². The summed E-state index contributed by atoms with van der Waals surface area (Å²) >= 11 is 0. The zero-order valence-electron chi connectivity index (χ0n) is 13.1. The summed E-state index contributed by atoms with van der Waals surface area (Å²) in [5.41, 5.74) is -0.211. The average molecular weight is 304 g/mol. The molecule has 1 aromatic carbocycles. The Balaban J connectivity index is 1.67. The highest BCUT2D eigenvalue weighted by atomic mass is 16.5. The standard InChI is InChI=1S/C17H24N2O3/c1-22-15-7-3-2-6-14(15)16(20)19-11-8-17(21,13-19)12-18-9-4-5-10-18/h2-3,6-7,21H,4-5,8-13H2,1H3/t17-/m0/s1. The van der Waals surface area contributed by atoms with E-state index in [4.69, 9.17) is 4.74 Å². The molecule has 120 valence electrons. The minimum Gasteiger partial charge on any atom is -0.496 e. The van der Waals surface area contributed by atoms with Crippen molar-refractivity contribution in [2.45, 2.75) is 24.9 Å². The van der Waals surface area contributed by atoms with Gasteiger partial charge >= 0.3 is 0 Å². The number of aliphatic hydroxyl groups is 1. The Labute approximate surface area is 131 Å². The Hall–Kier alpha value is -1.59. The van der Waals surface area contributed by atoms with Crippen LogP contribution in [0.2, 0.25) is 0 Å². The van der Waals surface area contributed by atoms with E-state index in [-0.39, 0.29) is 5.91 Å². The molecule has 0 saturated carbocycles. The van der Waals surface area contributed by atoms with Crippen molar-refractivity contribution in [3.63, 3.8) is 0 Å². The van der Waals surface area contributed by atoms with Crippen LogP contribution in [0.4, 0.5) is 0 Å².